The zero-order valence-electron chi connectivity index (χ0n) is 42.0. The number of ether oxygens (including phenoxy) is 3. The number of esters is 3. The third-order valence-electron chi connectivity index (χ3n) is 11.4. The lowest BCUT2D eigenvalue weighted by Crippen LogP contribution is -2.30. The van der Waals surface area contributed by atoms with Crippen molar-refractivity contribution < 1.29 is 28.6 Å². The van der Waals surface area contributed by atoms with Gasteiger partial charge in [-0.2, -0.15) is 0 Å². The first-order chi connectivity index (χ1) is 31.5. The van der Waals surface area contributed by atoms with Gasteiger partial charge in [-0.25, -0.2) is 0 Å². The Morgan fingerprint density at radius 3 is 1.09 bits per heavy atom. The highest BCUT2D eigenvalue weighted by Crippen LogP contribution is 2.14. The van der Waals surface area contributed by atoms with E-state index in [9.17, 15) is 14.4 Å². The van der Waals surface area contributed by atoms with Gasteiger partial charge < -0.3 is 14.2 Å². The molecule has 0 radical (unpaired) electrons. The molecular formula is C58H100O6. The van der Waals surface area contributed by atoms with Crippen molar-refractivity contribution in [2.24, 2.45) is 0 Å². The fourth-order valence-corrected chi connectivity index (χ4v) is 7.38. The van der Waals surface area contributed by atoms with E-state index in [1.807, 2.05) is 0 Å². The van der Waals surface area contributed by atoms with Crippen LogP contribution >= 0.6 is 0 Å². The molecule has 6 nitrogen and oxygen atoms in total. The van der Waals surface area contributed by atoms with Crippen molar-refractivity contribution in [2.75, 3.05) is 13.2 Å². The van der Waals surface area contributed by atoms with Crippen LogP contribution < -0.4 is 0 Å². The predicted molar refractivity (Wildman–Crippen MR) is 274 cm³/mol. The Kier molecular flexibility index (Phi) is 49.9. The van der Waals surface area contributed by atoms with E-state index in [1.54, 1.807) is 0 Å². The van der Waals surface area contributed by atoms with Gasteiger partial charge in [-0.1, -0.05) is 209 Å². The summed E-state index contributed by atoms with van der Waals surface area (Å²) in [7, 11) is 0. The lowest BCUT2D eigenvalue weighted by atomic mass is 10.1. The summed E-state index contributed by atoms with van der Waals surface area (Å²) in [6, 6.07) is 0. The van der Waals surface area contributed by atoms with E-state index >= 15 is 0 Å². The summed E-state index contributed by atoms with van der Waals surface area (Å²) in [5.41, 5.74) is 0. The molecule has 0 aliphatic rings. The smallest absolute Gasteiger partial charge is 0.306 e. The molecule has 1 unspecified atom stereocenters. The molecule has 0 aromatic heterocycles. The SMILES string of the molecule is CC/C=C\C/C=C\C/C=C\CCCCCCC(=O)OCC(COC(=O)CCCCCCCCC/C=C\CCCCCCCC)OC(=O)CCCCCCCC/C=C\C=C/CCCCC. The molecule has 0 aliphatic heterocycles. The van der Waals surface area contributed by atoms with Gasteiger partial charge in [-0.15, -0.1) is 0 Å². The third kappa shape index (κ3) is 49.9. The van der Waals surface area contributed by atoms with Crippen LogP contribution in [0.1, 0.15) is 258 Å². The summed E-state index contributed by atoms with van der Waals surface area (Å²) in [5.74, 6) is -0.925. The molecular weight excluding hydrogens is 793 g/mol. The molecule has 0 spiro atoms. The average Bonchev–Trinajstić information content (AvgIpc) is 3.29. The van der Waals surface area contributed by atoms with Crippen molar-refractivity contribution in [1.29, 1.82) is 0 Å². The van der Waals surface area contributed by atoms with Crippen LogP contribution in [0.5, 0.6) is 0 Å². The van der Waals surface area contributed by atoms with Crippen LogP contribution in [0, 0.1) is 0 Å². The van der Waals surface area contributed by atoms with Crippen molar-refractivity contribution >= 4 is 17.9 Å². The molecule has 0 amide bonds. The molecule has 0 aliphatic carbocycles. The topological polar surface area (TPSA) is 78.9 Å². The average molecular weight is 893 g/mol. The van der Waals surface area contributed by atoms with E-state index in [0.29, 0.717) is 19.3 Å². The highest BCUT2D eigenvalue weighted by Gasteiger charge is 2.19. The van der Waals surface area contributed by atoms with Crippen molar-refractivity contribution in [1.82, 2.24) is 0 Å². The first-order valence-corrected chi connectivity index (χ1v) is 27.0. The van der Waals surface area contributed by atoms with E-state index in [1.165, 1.54) is 116 Å². The summed E-state index contributed by atoms with van der Waals surface area (Å²) in [6.45, 7) is 6.47. The second-order valence-corrected chi connectivity index (χ2v) is 17.8. The van der Waals surface area contributed by atoms with E-state index < -0.39 is 6.10 Å². The van der Waals surface area contributed by atoms with Crippen molar-refractivity contribution in [3.05, 3.63) is 72.9 Å². The van der Waals surface area contributed by atoms with Gasteiger partial charge >= 0.3 is 17.9 Å². The molecule has 0 saturated carbocycles. The number of carbonyl (C=O) groups excluding carboxylic acids is 3. The van der Waals surface area contributed by atoms with E-state index in [0.717, 1.165) is 103 Å². The van der Waals surface area contributed by atoms with E-state index in [4.69, 9.17) is 14.2 Å². The van der Waals surface area contributed by atoms with Gasteiger partial charge in [0.2, 0.25) is 0 Å². The van der Waals surface area contributed by atoms with Crippen molar-refractivity contribution in [3.8, 4) is 0 Å². The summed E-state index contributed by atoms with van der Waals surface area (Å²) in [5, 5.41) is 0. The fourth-order valence-electron chi connectivity index (χ4n) is 7.38. The molecule has 6 heteroatoms. The third-order valence-corrected chi connectivity index (χ3v) is 11.4. The standard InChI is InChI=1S/C58H100O6/c1-4-7-10-13-16-19-22-25-28-29-31-33-36-39-42-45-48-51-57(60)63-54-55(53-62-56(59)50-47-44-41-38-35-32-27-24-21-18-15-12-9-6-3)64-58(61)52-49-46-43-40-37-34-30-26-23-20-17-14-11-8-5-2/h9,12,17-18,20-21,23,25-28,32,55H,4-8,10-11,13-16,19,22,24,29-31,33-54H2,1-3H3/b12-9-,20-17-,21-18-,26-23-,28-25-,32-27-. The van der Waals surface area contributed by atoms with Crippen LogP contribution in [-0.2, 0) is 28.6 Å². The number of hydrogen-bond acceptors (Lipinski definition) is 6. The summed E-state index contributed by atoms with van der Waals surface area (Å²) in [6.07, 6.45) is 66.0. The molecule has 368 valence electrons. The Labute approximate surface area is 395 Å². The molecule has 0 saturated heterocycles. The molecule has 0 rings (SSSR count). The lowest BCUT2D eigenvalue weighted by molar-refractivity contribution is -0.167. The number of carbonyl (C=O) groups is 3. The Morgan fingerprint density at radius 1 is 0.344 bits per heavy atom. The predicted octanol–water partition coefficient (Wildman–Crippen LogP) is 17.8. The highest BCUT2D eigenvalue weighted by atomic mass is 16.6. The first kappa shape index (κ1) is 60.9. The number of rotatable bonds is 48. The molecule has 1 atom stereocenters. The van der Waals surface area contributed by atoms with Crippen LogP contribution in [0.2, 0.25) is 0 Å². The van der Waals surface area contributed by atoms with Gasteiger partial charge in [0, 0.05) is 19.3 Å². The van der Waals surface area contributed by atoms with Gasteiger partial charge in [-0.3, -0.25) is 14.4 Å². The minimum Gasteiger partial charge on any atom is -0.462 e. The Hall–Kier alpha value is -3.15. The maximum atomic E-state index is 12.8. The normalized spacial score (nSPS) is 12.6. The van der Waals surface area contributed by atoms with Crippen LogP contribution in [0.4, 0.5) is 0 Å². The molecule has 0 heterocycles. The Morgan fingerprint density at radius 2 is 0.656 bits per heavy atom. The van der Waals surface area contributed by atoms with Crippen molar-refractivity contribution in [3.63, 3.8) is 0 Å². The number of hydrogen-bond donors (Lipinski definition) is 0. The molecule has 0 fully saturated rings. The van der Waals surface area contributed by atoms with E-state index in [-0.39, 0.29) is 31.1 Å². The highest BCUT2D eigenvalue weighted by molar-refractivity contribution is 5.71. The second kappa shape index (κ2) is 52.5. The summed E-state index contributed by atoms with van der Waals surface area (Å²) >= 11 is 0. The fraction of sp³-hybridized carbons (Fsp3) is 0.741. The van der Waals surface area contributed by atoms with Crippen LogP contribution in [-0.4, -0.2) is 37.2 Å². The zero-order valence-corrected chi connectivity index (χ0v) is 42.0. The molecule has 0 aromatic carbocycles. The Bertz CT molecular complexity index is 1210. The van der Waals surface area contributed by atoms with Crippen molar-refractivity contribution in [2.45, 2.75) is 264 Å². The maximum Gasteiger partial charge on any atom is 0.306 e. The van der Waals surface area contributed by atoms with Gasteiger partial charge in [0.25, 0.3) is 0 Å². The summed E-state index contributed by atoms with van der Waals surface area (Å²) in [4.78, 5) is 38.0. The van der Waals surface area contributed by atoms with Crippen LogP contribution in [0.15, 0.2) is 72.9 Å². The molecule has 0 bridgehead atoms. The number of unbranched alkanes of at least 4 members (excludes halogenated alkanes) is 26. The van der Waals surface area contributed by atoms with Gasteiger partial charge in [-0.05, 0) is 103 Å². The van der Waals surface area contributed by atoms with Crippen LogP contribution in [0.3, 0.4) is 0 Å². The maximum absolute atomic E-state index is 12.8. The second-order valence-electron chi connectivity index (χ2n) is 17.8. The minimum atomic E-state index is -0.792. The molecule has 64 heavy (non-hydrogen) atoms. The monoisotopic (exact) mass is 893 g/mol. The van der Waals surface area contributed by atoms with Gasteiger partial charge in [0.15, 0.2) is 6.10 Å². The van der Waals surface area contributed by atoms with Gasteiger partial charge in [0.05, 0.1) is 0 Å². The first-order valence-electron chi connectivity index (χ1n) is 27.0. The van der Waals surface area contributed by atoms with Crippen LogP contribution in [0.25, 0.3) is 0 Å². The largest absolute Gasteiger partial charge is 0.462 e. The minimum absolute atomic E-state index is 0.0897. The molecule has 0 aromatic rings. The molecule has 0 N–H and O–H groups in total. The zero-order chi connectivity index (χ0) is 46.5. The Balaban J connectivity index is 4.43. The van der Waals surface area contributed by atoms with Gasteiger partial charge in [0.1, 0.15) is 13.2 Å². The number of allylic oxidation sites excluding steroid dienone is 12. The van der Waals surface area contributed by atoms with E-state index in [2.05, 4.69) is 93.7 Å². The quantitative estimate of drug-likeness (QED) is 0.0199. The lowest BCUT2D eigenvalue weighted by Gasteiger charge is -2.18. The summed E-state index contributed by atoms with van der Waals surface area (Å²) < 4.78 is 16.8.